The predicted octanol–water partition coefficient (Wildman–Crippen LogP) is 1.68. The molecule has 5 heteroatoms. The van der Waals surface area contributed by atoms with Gasteiger partial charge in [0.15, 0.2) is 0 Å². The molecular formula is C14H16N4O. The first-order chi connectivity index (χ1) is 9.24. The second-order valence-electron chi connectivity index (χ2n) is 4.71. The lowest BCUT2D eigenvalue weighted by Gasteiger charge is -2.13. The molecule has 2 aromatic rings. The molecule has 0 unspecified atom stereocenters. The molecule has 0 bridgehead atoms. The Morgan fingerprint density at radius 1 is 1.32 bits per heavy atom. The van der Waals surface area contributed by atoms with Crippen LogP contribution < -0.4 is 10.6 Å². The molecule has 19 heavy (non-hydrogen) atoms. The van der Waals surface area contributed by atoms with E-state index in [4.69, 9.17) is 0 Å². The number of hydrogen-bond acceptors (Lipinski definition) is 3. The summed E-state index contributed by atoms with van der Waals surface area (Å²) in [5.74, 6) is -0.0610. The highest BCUT2D eigenvalue weighted by Gasteiger charge is 2.17. The van der Waals surface area contributed by atoms with Gasteiger partial charge < -0.3 is 10.6 Å². The van der Waals surface area contributed by atoms with Crippen LogP contribution in [0.25, 0.3) is 11.3 Å². The minimum Gasteiger partial charge on any atom is -0.326 e. The quantitative estimate of drug-likeness (QED) is 0.765. The summed E-state index contributed by atoms with van der Waals surface area (Å²) in [6.45, 7) is 3.36. The fourth-order valence-electron chi connectivity index (χ4n) is 2.38. The minimum atomic E-state index is -0.0610. The number of benzene rings is 1. The van der Waals surface area contributed by atoms with Crippen LogP contribution in [0.1, 0.15) is 18.2 Å². The van der Waals surface area contributed by atoms with Crippen molar-refractivity contribution in [3.63, 3.8) is 0 Å². The summed E-state index contributed by atoms with van der Waals surface area (Å²) in [7, 11) is 0. The molecule has 98 valence electrons. The van der Waals surface area contributed by atoms with Crippen LogP contribution in [-0.2, 0) is 17.8 Å². The molecule has 2 heterocycles. The van der Waals surface area contributed by atoms with Crippen LogP contribution in [0.2, 0.25) is 0 Å². The summed E-state index contributed by atoms with van der Waals surface area (Å²) in [5.41, 5.74) is 5.34. The highest BCUT2D eigenvalue weighted by Crippen LogP contribution is 2.26. The van der Waals surface area contributed by atoms with Crippen LogP contribution in [0.15, 0.2) is 24.3 Å². The van der Waals surface area contributed by atoms with Gasteiger partial charge in [0.2, 0.25) is 5.91 Å². The van der Waals surface area contributed by atoms with Crippen molar-refractivity contribution in [2.75, 3.05) is 11.9 Å². The standard InChI is InChI=1S/C14H16N4O/c1-9(19)16-11-4-2-10(3-5-11)14-12-8-15-7-6-13(12)17-18-14/h2-5,15H,6-8H2,1H3,(H,16,19)(H,17,18). The third-order valence-corrected chi connectivity index (χ3v) is 3.29. The zero-order valence-corrected chi connectivity index (χ0v) is 10.8. The van der Waals surface area contributed by atoms with Crippen molar-refractivity contribution < 1.29 is 4.79 Å². The molecule has 0 atom stereocenters. The van der Waals surface area contributed by atoms with Gasteiger partial charge in [-0.15, -0.1) is 0 Å². The van der Waals surface area contributed by atoms with Crippen LogP contribution in [0, 0.1) is 0 Å². The second-order valence-corrected chi connectivity index (χ2v) is 4.71. The SMILES string of the molecule is CC(=O)Nc1ccc(-c2n[nH]c3c2CNCC3)cc1. The largest absolute Gasteiger partial charge is 0.326 e. The summed E-state index contributed by atoms with van der Waals surface area (Å²) in [6, 6.07) is 7.76. The van der Waals surface area contributed by atoms with Crippen LogP contribution in [0.5, 0.6) is 0 Å². The van der Waals surface area contributed by atoms with E-state index >= 15 is 0 Å². The summed E-state index contributed by atoms with van der Waals surface area (Å²) >= 11 is 0. The summed E-state index contributed by atoms with van der Waals surface area (Å²) in [6.07, 6.45) is 0.992. The topological polar surface area (TPSA) is 69.8 Å². The van der Waals surface area contributed by atoms with E-state index < -0.39 is 0 Å². The van der Waals surface area contributed by atoms with Gasteiger partial charge in [-0.25, -0.2) is 0 Å². The number of anilines is 1. The van der Waals surface area contributed by atoms with Crippen molar-refractivity contribution in [1.29, 1.82) is 0 Å². The third-order valence-electron chi connectivity index (χ3n) is 3.29. The maximum atomic E-state index is 11.0. The molecule has 3 N–H and O–H groups in total. The highest BCUT2D eigenvalue weighted by molar-refractivity contribution is 5.88. The normalized spacial score (nSPS) is 13.9. The van der Waals surface area contributed by atoms with Crippen LogP contribution in [0.3, 0.4) is 0 Å². The first-order valence-corrected chi connectivity index (χ1v) is 6.39. The Labute approximate surface area is 111 Å². The summed E-state index contributed by atoms with van der Waals surface area (Å²) in [4.78, 5) is 11.0. The Bertz CT molecular complexity index is 600. The molecule has 1 amide bonds. The predicted molar refractivity (Wildman–Crippen MR) is 73.7 cm³/mol. The number of carbonyl (C=O) groups is 1. The molecule has 1 aliphatic heterocycles. The highest BCUT2D eigenvalue weighted by atomic mass is 16.1. The van der Waals surface area contributed by atoms with Gasteiger partial charge in [-0.3, -0.25) is 9.89 Å². The number of H-pyrrole nitrogens is 1. The summed E-state index contributed by atoms with van der Waals surface area (Å²) in [5, 5.41) is 13.6. The van der Waals surface area contributed by atoms with E-state index in [1.54, 1.807) is 0 Å². The molecule has 3 rings (SSSR count). The van der Waals surface area contributed by atoms with Gasteiger partial charge >= 0.3 is 0 Å². The lowest BCUT2D eigenvalue weighted by molar-refractivity contribution is -0.114. The molecule has 0 spiro atoms. The van der Waals surface area contributed by atoms with Crippen LogP contribution in [-0.4, -0.2) is 22.6 Å². The van der Waals surface area contributed by atoms with Crippen LogP contribution >= 0.6 is 0 Å². The smallest absolute Gasteiger partial charge is 0.221 e. The van der Waals surface area contributed by atoms with Crippen molar-refractivity contribution in [3.8, 4) is 11.3 Å². The Morgan fingerprint density at radius 2 is 2.11 bits per heavy atom. The fraction of sp³-hybridized carbons (Fsp3) is 0.286. The number of aromatic amines is 1. The maximum Gasteiger partial charge on any atom is 0.221 e. The maximum absolute atomic E-state index is 11.0. The Morgan fingerprint density at radius 3 is 2.84 bits per heavy atom. The number of aromatic nitrogens is 2. The van der Waals surface area contributed by atoms with Crippen molar-refractivity contribution in [3.05, 3.63) is 35.5 Å². The van der Waals surface area contributed by atoms with Crippen LogP contribution in [0.4, 0.5) is 5.69 Å². The van der Waals surface area contributed by atoms with E-state index in [0.717, 1.165) is 36.5 Å². The first-order valence-electron chi connectivity index (χ1n) is 6.39. The Balaban J connectivity index is 1.90. The molecule has 1 aromatic carbocycles. The van der Waals surface area contributed by atoms with Gasteiger partial charge in [0, 0.05) is 48.9 Å². The number of amides is 1. The van der Waals surface area contributed by atoms with E-state index in [1.807, 2.05) is 24.3 Å². The number of fused-ring (bicyclic) bond motifs is 1. The molecule has 5 nitrogen and oxygen atoms in total. The number of hydrogen-bond donors (Lipinski definition) is 3. The number of nitrogens with one attached hydrogen (secondary N) is 3. The first kappa shape index (κ1) is 11.9. The van der Waals surface area contributed by atoms with E-state index in [2.05, 4.69) is 20.8 Å². The lowest BCUT2D eigenvalue weighted by atomic mass is 10.0. The van der Waals surface area contributed by atoms with Crippen molar-refractivity contribution in [2.24, 2.45) is 0 Å². The minimum absolute atomic E-state index is 0.0610. The van der Waals surface area contributed by atoms with Gasteiger partial charge in [-0.05, 0) is 12.1 Å². The van der Waals surface area contributed by atoms with Gasteiger partial charge in [-0.2, -0.15) is 5.10 Å². The van der Waals surface area contributed by atoms with E-state index in [9.17, 15) is 4.79 Å². The van der Waals surface area contributed by atoms with Crippen molar-refractivity contribution in [1.82, 2.24) is 15.5 Å². The average Bonchev–Trinajstić information content (AvgIpc) is 2.83. The molecule has 1 aromatic heterocycles. The van der Waals surface area contributed by atoms with E-state index in [0.29, 0.717) is 0 Å². The van der Waals surface area contributed by atoms with Crippen molar-refractivity contribution >= 4 is 11.6 Å². The Kier molecular flexibility index (Phi) is 3.05. The lowest BCUT2D eigenvalue weighted by Crippen LogP contribution is -2.23. The zero-order chi connectivity index (χ0) is 13.2. The summed E-state index contributed by atoms with van der Waals surface area (Å²) < 4.78 is 0. The number of rotatable bonds is 2. The van der Waals surface area contributed by atoms with Crippen molar-refractivity contribution in [2.45, 2.75) is 19.9 Å². The van der Waals surface area contributed by atoms with Gasteiger partial charge in [0.1, 0.15) is 0 Å². The number of carbonyl (C=O) groups excluding carboxylic acids is 1. The van der Waals surface area contributed by atoms with E-state index in [-0.39, 0.29) is 5.91 Å². The number of nitrogens with zero attached hydrogens (tertiary/aromatic N) is 1. The molecule has 0 saturated carbocycles. The Hall–Kier alpha value is -2.14. The molecule has 0 radical (unpaired) electrons. The molecule has 1 aliphatic rings. The van der Waals surface area contributed by atoms with E-state index in [1.165, 1.54) is 18.2 Å². The van der Waals surface area contributed by atoms with Gasteiger partial charge in [0.05, 0.1) is 5.69 Å². The molecule has 0 fully saturated rings. The van der Waals surface area contributed by atoms with Gasteiger partial charge in [0.25, 0.3) is 0 Å². The molecule has 0 aliphatic carbocycles. The zero-order valence-electron chi connectivity index (χ0n) is 10.8. The second kappa shape index (κ2) is 4.85. The van der Waals surface area contributed by atoms with Gasteiger partial charge in [-0.1, -0.05) is 12.1 Å². The molecule has 0 saturated heterocycles. The third kappa shape index (κ3) is 2.37. The monoisotopic (exact) mass is 256 g/mol. The molecular weight excluding hydrogens is 240 g/mol. The average molecular weight is 256 g/mol. The fourth-order valence-corrected chi connectivity index (χ4v) is 2.38.